The van der Waals surface area contributed by atoms with Crippen LogP contribution in [0.3, 0.4) is 0 Å². The van der Waals surface area contributed by atoms with E-state index in [4.69, 9.17) is 21.1 Å². The van der Waals surface area contributed by atoms with Crippen LogP contribution in [0.15, 0.2) is 30.6 Å². The van der Waals surface area contributed by atoms with Crippen LogP contribution in [0.25, 0.3) is 0 Å². The number of hydrogen-bond donors (Lipinski definition) is 0. The van der Waals surface area contributed by atoms with Crippen LogP contribution in [-0.2, 0) is 0 Å². The topological polar surface area (TPSA) is 44.2 Å². The lowest BCUT2D eigenvalue weighted by Crippen LogP contribution is -1.95. The molecule has 6 heteroatoms. The molecule has 0 amide bonds. The molecule has 0 spiro atoms. The Bertz CT molecular complexity index is 519. The minimum absolute atomic E-state index is 0.152. The van der Waals surface area contributed by atoms with Gasteiger partial charge in [0.25, 0.3) is 5.88 Å². The van der Waals surface area contributed by atoms with Crippen molar-refractivity contribution in [3.8, 4) is 17.4 Å². The van der Waals surface area contributed by atoms with Crippen LogP contribution in [0.4, 0.5) is 4.39 Å². The maximum absolute atomic E-state index is 12.7. The monoisotopic (exact) mass is 254 g/mol. The van der Waals surface area contributed by atoms with E-state index in [1.165, 1.54) is 37.7 Å². The normalized spacial score (nSPS) is 10.1. The second kappa shape index (κ2) is 4.97. The summed E-state index contributed by atoms with van der Waals surface area (Å²) in [7, 11) is 1.43. The highest BCUT2D eigenvalue weighted by molar-refractivity contribution is 6.31. The summed E-state index contributed by atoms with van der Waals surface area (Å²) in [5.74, 6) is 0.502. The van der Waals surface area contributed by atoms with Gasteiger partial charge in [0, 0.05) is 0 Å². The molecule has 0 radical (unpaired) electrons. The molecule has 88 valence electrons. The summed E-state index contributed by atoms with van der Waals surface area (Å²) >= 11 is 5.80. The molecule has 1 aromatic carbocycles. The van der Waals surface area contributed by atoms with Crippen molar-refractivity contribution in [1.29, 1.82) is 0 Å². The van der Waals surface area contributed by atoms with Gasteiger partial charge in [-0.25, -0.2) is 9.37 Å². The quantitative estimate of drug-likeness (QED) is 0.790. The van der Waals surface area contributed by atoms with E-state index in [1.54, 1.807) is 0 Å². The zero-order valence-corrected chi connectivity index (χ0v) is 9.61. The van der Waals surface area contributed by atoms with Crippen molar-refractivity contribution in [1.82, 2.24) is 9.97 Å². The van der Waals surface area contributed by atoms with Crippen molar-refractivity contribution in [3.05, 3.63) is 41.6 Å². The van der Waals surface area contributed by atoms with Gasteiger partial charge in [-0.05, 0) is 24.3 Å². The van der Waals surface area contributed by atoms with E-state index in [9.17, 15) is 4.39 Å². The summed E-state index contributed by atoms with van der Waals surface area (Å²) in [4.78, 5) is 7.65. The highest BCUT2D eigenvalue weighted by Gasteiger charge is 2.12. The second-order valence-corrected chi connectivity index (χ2v) is 3.42. The molecule has 0 aliphatic carbocycles. The SMILES string of the molecule is COc1c(Cl)ncnc1Oc1ccc(F)cc1. The number of hydrogen-bond acceptors (Lipinski definition) is 4. The molecule has 0 unspecified atom stereocenters. The smallest absolute Gasteiger partial charge is 0.267 e. The number of benzene rings is 1. The fourth-order valence-corrected chi connectivity index (χ4v) is 1.40. The summed E-state index contributed by atoms with van der Waals surface area (Å²) in [6, 6.07) is 5.52. The Kier molecular flexibility index (Phi) is 3.39. The van der Waals surface area contributed by atoms with E-state index in [1.807, 2.05) is 0 Å². The summed E-state index contributed by atoms with van der Waals surface area (Å²) in [5, 5.41) is 0.152. The first kappa shape index (κ1) is 11.6. The number of aromatic nitrogens is 2. The first-order chi connectivity index (χ1) is 8.20. The molecule has 0 N–H and O–H groups in total. The molecule has 1 aromatic heterocycles. The van der Waals surface area contributed by atoms with Gasteiger partial charge in [-0.3, -0.25) is 0 Å². The number of nitrogens with zero attached hydrogens (tertiary/aromatic N) is 2. The Morgan fingerprint density at radius 1 is 1.18 bits per heavy atom. The molecule has 0 fully saturated rings. The lowest BCUT2D eigenvalue weighted by atomic mass is 10.3. The lowest BCUT2D eigenvalue weighted by molar-refractivity contribution is 0.367. The Morgan fingerprint density at radius 2 is 1.88 bits per heavy atom. The number of halogens is 2. The average molecular weight is 255 g/mol. The summed E-state index contributed by atoms with van der Waals surface area (Å²) < 4.78 is 23.1. The summed E-state index contributed by atoms with van der Waals surface area (Å²) in [6.07, 6.45) is 1.25. The van der Waals surface area contributed by atoms with Gasteiger partial charge in [-0.2, -0.15) is 4.98 Å². The van der Waals surface area contributed by atoms with Gasteiger partial charge in [-0.15, -0.1) is 0 Å². The number of rotatable bonds is 3. The fraction of sp³-hybridized carbons (Fsp3) is 0.0909. The number of ether oxygens (including phenoxy) is 2. The van der Waals surface area contributed by atoms with Crippen LogP contribution < -0.4 is 9.47 Å². The van der Waals surface area contributed by atoms with Crippen LogP contribution in [0.5, 0.6) is 17.4 Å². The molecular formula is C11H8ClFN2O2. The second-order valence-electron chi connectivity index (χ2n) is 3.06. The van der Waals surface area contributed by atoms with E-state index >= 15 is 0 Å². The minimum Gasteiger partial charge on any atom is -0.489 e. The highest BCUT2D eigenvalue weighted by Crippen LogP contribution is 2.33. The highest BCUT2D eigenvalue weighted by atomic mass is 35.5. The molecular weight excluding hydrogens is 247 g/mol. The Hall–Kier alpha value is -1.88. The molecule has 2 aromatic rings. The molecule has 0 atom stereocenters. The minimum atomic E-state index is -0.343. The third kappa shape index (κ3) is 2.62. The molecule has 1 heterocycles. The molecule has 2 rings (SSSR count). The lowest BCUT2D eigenvalue weighted by Gasteiger charge is -2.09. The van der Waals surface area contributed by atoms with Crippen LogP contribution in [0.2, 0.25) is 5.15 Å². The van der Waals surface area contributed by atoms with Gasteiger partial charge in [0.2, 0.25) is 5.75 Å². The fourth-order valence-electron chi connectivity index (χ4n) is 1.20. The van der Waals surface area contributed by atoms with Crippen LogP contribution in [0, 0.1) is 5.82 Å². The molecule has 17 heavy (non-hydrogen) atoms. The van der Waals surface area contributed by atoms with E-state index in [0.29, 0.717) is 5.75 Å². The zero-order chi connectivity index (χ0) is 12.3. The zero-order valence-electron chi connectivity index (χ0n) is 8.85. The van der Waals surface area contributed by atoms with E-state index < -0.39 is 0 Å². The Labute approximate surface area is 102 Å². The largest absolute Gasteiger partial charge is 0.489 e. The molecule has 0 saturated carbocycles. The maximum atomic E-state index is 12.7. The average Bonchev–Trinajstić information content (AvgIpc) is 2.32. The van der Waals surface area contributed by atoms with Crippen molar-refractivity contribution in [3.63, 3.8) is 0 Å². The van der Waals surface area contributed by atoms with E-state index in [-0.39, 0.29) is 22.6 Å². The van der Waals surface area contributed by atoms with Crippen LogP contribution in [0.1, 0.15) is 0 Å². The molecule has 0 aliphatic heterocycles. The Morgan fingerprint density at radius 3 is 2.53 bits per heavy atom. The Balaban J connectivity index is 2.29. The molecule has 0 saturated heterocycles. The van der Waals surface area contributed by atoms with Gasteiger partial charge in [0.15, 0.2) is 5.15 Å². The van der Waals surface area contributed by atoms with Crippen LogP contribution in [-0.4, -0.2) is 17.1 Å². The number of methoxy groups -OCH3 is 1. The van der Waals surface area contributed by atoms with Crippen molar-refractivity contribution >= 4 is 11.6 Å². The summed E-state index contributed by atoms with van der Waals surface area (Å²) in [5.41, 5.74) is 0. The van der Waals surface area contributed by atoms with Gasteiger partial charge in [0.05, 0.1) is 7.11 Å². The summed E-state index contributed by atoms with van der Waals surface area (Å²) in [6.45, 7) is 0. The third-order valence-electron chi connectivity index (χ3n) is 1.96. The predicted octanol–water partition coefficient (Wildman–Crippen LogP) is 3.07. The van der Waals surface area contributed by atoms with Crippen molar-refractivity contribution in [2.24, 2.45) is 0 Å². The molecule has 0 bridgehead atoms. The maximum Gasteiger partial charge on any atom is 0.267 e. The van der Waals surface area contributed by atoms with Gasteiger partial charge < -0.3 is 9.47 Å². The van der Waals surface area contributed by atoms with Crippen molar-refractivity contribution in [2.75, 3.05) is 7.11 Å². The molecule has 4 nitrogen and oxygen atoms in total. The first-order valence-corrected chi connectivity index (χ1v) is 5.06. The van der Waals surface area contributed by atoms with Gasteiger partial charge in [-0.1, -0.05) is 11.6 Å². The van der Waals surface area contributed by atoms with Crippen molar-refractivity contribution in [2.45, 2.75) is 0 Å². The van der Waals surface area contributed by atoms with Gasteiger partial charge >= 0.3 is 0 Å². The van der Waals surface area contributed by atoms with Crippen LogP contribution >= 0.6 is 11.6 Å². The third-order valence-corrected chi connectivity index (χ3v) is 2.23. The van der Waals surface area contributed by atoms with E-state index in [0.717, 1.165) is 0 Å². The standard InChI is InChI=1S/C11H8ClFN2O2/c1-16-9-10(12)14-6-15-11(9)17-8-4-2-7(13)3-5-8/h2-6H,1H3. The van der Waals surface area contributed by atoms with Crippen molar-refractivity contribution < 1.29 is 13.9 Å². The first-order valence-electron chi connectivity index (χ1n) is 4.68. The van der Waals surface area contributed by atoms with Gasteiger partial charge in [0.1, 0.15) is 17.9 Å². The van der Waals surface area contributed by atoms with E-state index in [2.05, 4.69) is 9.97 Å². The predicted molar refractivity (Wildman–Crippen MR) is 60.1 cm³/mol. The molecule has 0 aliphatic rings.